The molecule has 1 aromatic heterocycles. The number of hydrogen-bond donors (Lipinski definition) is 2. The van der Waals surface area contributed by atoms with Crippen LogP contribution in [0.15, 0.2) is 30.5 Å². The average molecular weight is 315 g/mol. The zero-order valence-electron chi connectivity index (χ0n) is 13.9. The van der Waals surface area contributed by atoms with E-state index in [1.165, 1.54) is 18.4 Å². The van der Waals surface area contributed by atoms with Crippen molar-refractivity contribution in [1.82, 2.24) is 15.2 Å². The number of aromatic nitrogens is 3. The maximum absolute atomic E-state index is 5.23. The number of anilines is 2. The van der Waals surface area contributed by atoms with E-state index in [1.807, 2.05) is 18.2 Å². The first kappa shape index (κ1) is 17.0. The lowest BCUT2D eigenvalue weighted by atomic mass is 10.1. The van der Waals surface area contributed by atoms with Crippen molar-refractivity contribution in [2.45, 2.75) is 32.6 Å². The second-order valence-corrected chi connectivity index (χ2v) is 5.33. The standard InChI is InChI=1S/C17H25N5O/c1-3-4-5-10-18-16-13-20-22-17(21-16)19-11-9-14-7-6-8-15(12-14)23-2/h6-8,12-13H,3-5,9-11H2,1-2H3,(H2,18,19,21,22). The van der Waals surface area contributed by atoms with Crippen LogP contribution < -0.4 is 15.4 Å². The van der Waals surface area contributed by atoms with Crippen molar-refractivity contribution in [3.63, 3.8) is 0 Å². The number of nitrogens with zero attached hydrogens (tertiary/aromatic N) is 3. The topological polar surface area (TPSA) is 72.0 Å². The van der Waals surface area contributed by atoms with Gasteiger partial charge in [0.2, 0.25) is 5.95 Å². The molecular weight excluding hydrogens is 290 g/mol. The summed E-state index contributed by atoms with van der Waals surface area (Å²) in [6, 6.07) is 8.05. The quantitative estimate of drug-likeness (QED) is 0.656. The predicted molar refractivity (Wildman–Crippen MR) is 93.0 cm³/mol. The molecule has 0 radical (unpaired) electrons. The Morgan fingerprint density at radius 3 is 2.87 bits per heavy atom. The van der Waals surface area contributed by atoms with Crippen LogP contribution in [0.1, 0.15) is 31.7 Å². The fraction of sp³-hybridized carbons (Fsp3) is 0.471. The molecule has 0 aliphatic rings. The second kappa shape index (κ2) is 9.61. The molecule has 23 heavy (non-hydrogen) atoms. The molecule has 6 heteroatoms. The molecule has 2 N–H and O–H groups in total. The molecule has 0 saturated carbocycles. The highest BCUT2D eigenvalue weighted by atomic mass is 16.5. The van der Waals surface area contributed by atoms with Gasteiger partial charge in [-0.1, -0.05) is 31.9 Å². The SMILES string of the molecule is CCCCCNc1cnnc(NCCc2cccc(OC)c2)n1. The summed E-state index contributed by atoms with van der Waals surface area (Å²) in [5.41, 5.74) is 1.21. The third kappa shape index (κ3) is 6.10. The summed E-state index contributed by atoms with van der Waals surface area (Å²) < 4.78 is 5.23. The zero-order chi connectivity index (χ0) is 16.3. The summed E-state index contributed by atoms with van der Waals surface area (Å²) in [7, 11) is 1.68. The maximum Gasteiger partial charge on any atom is 0.244 e. The molecule has 0 bridgehead atoms. The fourth-order valence-corrected chi connectivity index (χ4v) is 2.20. The summed E-state index contributed by atoms with van der Waals surface area (Å²) in [5.74, 6) is 2.19. The first-order chi connectivity index (χ1) is 11.3. The largest absolute Gasteiger partial charge is 0.497 e. The van der Waals surface area contributed by atoms with E-state index < -0.39 is 0 Å². The number of rotatable bonds is 10. The maximum atomic E-state index is 5.23. The van der Waals surface area contributed by atoms with Crippen LogP contribution in [0.5, 0.6) is 5.75 Å². The van der Waals surface area contributed by atoms with Gasteiger partial charge >= 0.3 is 0 Å². The Labute approximate surface area is 137 Å². The van der Waals surface area contributed by atoms with E-state index in [0.29, 0.717) is 5.95 Å². The Hall–Kier alpha value is -2.37. The molecule has 6 nitrogen and oxygen atoms in total. The zero-order valence-corrected chi connectivity index (χ0v) is 13.9. The van der Waals surface area contributed by atoms with Crippen LogP contribution in [0.2, 0.25) is 0 Å². The van der Waals surface area contributed by atoms with Gasteiger partial charge in [-0.3, -0.25) is 0 Å². The lowest BCUT2D eigenvalue weighted by molar-refractivity contribution is 0.414. The molecule has 1 aromatic carbocycles. The van der Waals surface area contributed by atoms with Gasteiger partial charge in [0.1, 0.15) is 11.6 Å². The molecule has 0 amide bonds. The van der Waals surface area contributed by atoms with Crippen LogP contribution in [-0.4, -0.2) is 35.4 Å². The number of benzene rings is 1. The van der Waals surface area contributed by atoms with E-state index in [0.717, 1.165) is 37.5 Å². The highest BCUT2D eigenvalue weighted by molar-refractivity contribution is 5.37. The van der Waals surface area contributed by atoms with Crippen LogP contribution in [0.25, 0.3) is 0 Å². The highest BCUT2D eigenvalue weighted by Gasteiger charge is 2.01. The smallest absolute Gasteiger partial charge is 0.244 e. The van der Waals surface area contributed by atoms with Gasteiger partial charge in [-0.25, -0.2) is 0 Å². The van der Waals surface area contributed by atoms with Crippen LogP contribution in [0, 0.1) is 0 Å². The van der Waals surface area contributed by atoms with Crippen molar-refractivity contribution >= 4 is 11.8 Å². The first-order valence-corrected chi connectivity index (χ1v) is 8.12. The van der Waals surface area contributed by atoms with Gasteiger partial charge in [0.15, 0.2) is 0 Å². The van der Waals surface area contributed by atoms with Crippen LogP contribution >= 0.6 is 0 Å². The molecule has 2 rings (SSSR count). The normalized spacial score (nSPS) is 10.3. The minimum absolute atomic E-state index is 0.549. The summed E-state index contributed by atoms with van der Waals surface area (Å²) in [4.78, 5) is 4.41. The molecule has 2 aromatic rings. The number of methoxy groups -OCH3 is 1. The van der Waals surface area contributed by atoms with Crippen molar-refractivity contribution in [2.75, 3.05) is 30.8 Å². The van der Waals surface area contributed by atoms with E-state index in [1.54, 1.807) is 13.3 Å². The molecule has 0 unspecified atom stereocenters. The third-order valence-electron chi connectivity index (χ3n) is 3.48. The van der Waals surface area contributed by atoms with Gasteiger partial charge in [-0.2, -0.15) is 10.1 Å². The second-order valence-electron chi connectivity index (χ2n) is 5.33. The van der Waals surface area contributed by atoms with Crippen LogP contribution in [0.3, 0.4) is 0 Å². The molecule has 124 valence electrons. The van der Waals surface area contributed by atoms with Crippen LogP contribution in [0.4, 0.5) is 11.8 Å². The van der Waals surface area contributed by atoms with Gasteiger partial charge in [-0.15, -0.1) is 5.10 Å². The molecule has 0 spiro atoms. The lowest BCUT2D eigenvalue weighted by Crippen LogP contribution is -2.11. The Kier molecular flexibility index (Phi) is 7.10. The van der Waals surface area contributed by atoms with Crippen molar-refractivity contribution in [2.24, 2.45) is 0 Å². The van der Waals surface area contributed by atoms with Gasteiger partial charge in [0, 0.05) is 13.1 Å². The van der Waals surface area contributed by atoms with E-state index >= 15 is 0 Å². The number of hydrogen-bond acceptors (Lipinski definition) is 6. The van der Waals surface area contributed by atoms with Gasteiger partial charge in [0.05, 0.1) is 13.3 Å². The number of nitrogens with one attached hydrogen (secondary N) is 2. The summed E-state index contributed by atoms with van der Waals surface area (Å²) in [6.45, 7) is 3.85. The van der Waals surface area contributed by atoms with Crippen molar-refractivity contribution < 1.29 is 4.74 Å². The monoisotopic (exact) mass is 315 g/mol. The molecule has 0 aliphatic heterocycles. The number of ether oxygens (including phenoxy) is 1. The summed E-state index contributed by atoms with van der Waals surface area (Å²) >= 11 is 0. The van der Waals surface area contributed by atoms with Gasteiger partial charge in [0.25, 0.3) is 0 Å². The molecule has 0 fully saturated rings. The Morgan fingerprint density at radius 2 is 2.04 bits per heavy atom. The summed E-state index contributed by atoms with van der Waals surface area (Å²) in [5, 5.41) is 14.5. The molecular formula is C17H25N5O. The van der Waals surface area contributed by atoms with Crippen LogP contribution in [-0.2, 0) is 6.42 Å². The van der Waals surface area contributed by atoms with Crippen molar-refractivity contribution in [3.8, 4) is 5.75 Å². The first-order valence-electron chi connectivity index (χ1n) is 8.12. The molecule has 0 atom stereocenters. The third-order valence-corrected chi connectivity index (χ3v) is 3.48. The lowest BCUT2D eigenvalue weighted by Gasteiger charge is -2.08. The Bertz CT molecular complexity index is 591. The highest BCUT2D eigenvalue weighted by Crippen LogP contribution is 2.13. The fourth-order valence-electron chi connectivity index (χ4n) is 2.20. The Morgan fingerprint density at radius 1 is 1.13 bits per heavy atom. The van der Waals surface area contributed by atoms with Crippen molar-refractivity contribution in [3.05, 3.63) is 36.0 Å². The minimum Gasteiger partial charge on any atom is -0.497 e. The van der Waals surface area contributed by atoms with Crippen molar-refractivity contribution in [1.29, 1.82) is 0 Å². The minimum atomic E-state index is 0.549. The van der Waals surface area contributed by atoms with Gasteiger partial charge < -0.3 is 15.4 Å². The van der Waals surface area contributed by atoms with E-state index in [2.05, 4.69) is 38.8 Å². The van der Waals surface area contributed by atoms with Gasteiger partial charge in [-0.05, 0) is 30.5 Å². The molecule has 0 saturated heterocycles. The van der Waals surface area contributed by atoms with E-state index in [9.17, 15) is 0 Å². The Balaban J connectivity index is 1.78. The van der Waals surface area contributed by atoms with E-state index in [4.69, 9.17) is 4.74 Å². The molecule has 1 heterocycles. The predicted octanol–water partition coefficient (Wildman–Crippen LogP) is 3.14. The average Bonchev–Trinajstić information content (AvgIpc) is 2.59. The molecule has 0 aliphatic carbocycles. The number of unbranched alkanes of at least 4 members (excludes halogenated alkanes) is 2. The van der Waals surface area contributed by atoms with E-state index in [-0.39, 0.29) is 0 Å². The summed E-state index contributed by atoms with van der Waals surface area (Å²) in [6.07, 6.45) is 6.09.